The minimum atomic E-state index is -0.933. The van der Waals surface area contributed by atoms with Gasteiger partial charge in [-0.05, 0) is 0 Å². The van der Waals surface area contributed by atoms with Crippen molar-refractivity contribution in [1.29, 1.82) is 0 Å². The second kappa shape index (κ2) is 6.85. The summed E-state index contributed by atoms with van der Waals surface area (Å²) >= 11 is 0. The van der Waals surface area contributed by atoms with Crippen LogP contribution in [0.1, 0.15) is 0 Å². The van der Waals surface area contributed by atoms with E-state index in [1.54, 1.807) is 14.1 Å². The molecule has 0 bridgehead atoms. The summed E-state index contributed by atoms with van der Waals surface area (Å²) in [4.78, 5) is 10.4. The highest BCUT2D eigenvalue weighted by Crippen LogP contribution is 2.00. The van der Waals surface area contributed by atoms with Crippen molar-refractivity contribution in [3.63, 3.8) is 0 Å². The molecule has 0 saturated carbocycles. The fourth-order valence-electron chi connectivity index (χ4n) is 0.823. The van der Waals surface area contributed by atoms with Gasteiger partial charge in [0, 0.05) is 26.5 Å². The molecule has 0 fully saturated rings. The van der Waals surface area contributed by atoms with E-state index in [4.69, 9.17) is 0 Å². The molecule has 78 valence electrons. The lowest BCUT2D eigenvalue weighted by molar-refractivity contribution is 0.00537. The summed E-state index contributed by atoms with van der Waals surface area (Å²) in [5.74, 6) is 0. The quantitative estimate of drug-likeness (QED) is 0.381. The number of aliphatic imine (C=N–C) groups is 2. The number of nitrogens with zero attached hydrogens (tertiary/aromatic N) is 4. The van der Waals surface area contributed by atoms with Crippen LogP contribution in [0.15, 0.2) is 35.5 Å². The van der Waals surface area contributed by atoms with Crippen molar-refractivity contribution in [2.75, 3.05) is 14.1 Å². The average Bonchev–Trinajstić information content (AvgIpc) is 2.21. The molecule has 0 aliphatic carbocycles. The standard InChI is InChI=1S/C9H16N4O/c1-5-12(7-10-3)9(14)13(6-2)8-11-4/h5-9,14H,1-2H2,3-4H3. The first-order valence-corrected chi connectivity index (χ1v) is 4.03. The predicted molar refractivity (Wildman–Crippen MR) is 58.9 cm³/mol. The highest BCUT2D eigenvalue weighted by Gasteiger charge is 2.13. The first-order valence-electron chi connectivity index (χ1n) is 4.03. The lowest BCUT2D eigenvalue weighted by Crippen LogP contribution is -2.41. The Hall–Kier alpha value is -1.62. The molecule has 14 heavy (non-hydrogen) atoms. The van der Waals surface area contributed by atoms with Gasteiger partial charge in [-0.15, -0.1) is 0 Å². The summed E-state index contributed by atoms with van der Waals surface area (Å²) in [5, 5.41) is 9.76. The second-order valence-electron chi connectivity index (χ2n) is 2.35. The van der Waals surface area contributed by atoms with Crippen LogP contribution in [0.3, 0.4) is 0 Å². The first-order chi connectivity index (χ1) is 6.71. The third-order valence-electron chi connectivity index (χ3n) is 1.45. The van der Waals surface area contributed by atoms with E-state index >= 15 is 0 Å². The van der Waals surface area contributed by atoms with Gasteiger partial charge >= 0.3 is 0 Å². The van der Waals surface area contributed by atoms with Gasteiger partial charge in [-0.1, -0.05) is 13.2 Å². The van der Waals surface area contributed by atoms with Crippen molar-refractivity contribution in [2.45, 2.75) is 6.35 Å². The van der Waals surface area contributed by atoms with Crippen molar-refractivity contribution in [2.24, 2.45) is 9.98 Å². The average molecular weight is 196 g/mol. The molecule has 0 aromatic carbocycles. The molecule has 0 saturated heterocycles. The van der Waals surface area contributed by atoms with E-state index in [1.165, 1.54) is 34.9 Å². The van der Waals surface area contributed by atoms with Crippen LogP contribution in [0.5, 0.6) is 0 Å². The zero-order chi connectivity index (χ0) is 11.0. The molecule has 0 rings (SSSR count). The zero-order valence-corrected chi connectivity index (χ0v) is 8.54. The summed E-state index contributed by atoms with van der Waals surface area (Å²) in [6, 6.07) is 0. The highest BCUT2D eigenvalue weighted by atomic mass is 16.3. The van der Waals surface area contributed by atoms with Crippen molar-refractivity contribution in [3.05, 3.63) is 25.6 Å². The molecular weight excluding hydrogens is 180 g/mol. The SMILES string of the molecule is C=CN(C=NC)C(O)N(C=C)C=NC. The van der Waals surface area contributed by atoms with Gasteiger partial charge in [0.25, 0.3) is 0 Å². The Balaban J connectivity index is 4.59. The molecule has 0 amide bonds. The van der Waals surface area contributed by atoms with E-state index in [1.807, 2.05) is 0 Å². The number of aliphatic hydroxyl groups is 1. The van der Waals surface area contributed by atoms with Crippen LogP contribution < -0.4 is 0 Å². The highest BCUT2D eigenvalue weighted by molar-refractivity contribution is 5.60. The van der Waals surface area contributed by atoms with E-state index < -0.39 is 6.35 Å². The van der Waals surface area contributed by atoms with Gasteiger partial charge in [0.05, 0.1) is 12.7 Å². The van der Waals surface area contributed by atoms with Crippen LogP contribution in [-0.2, 0) is 0 Å². The maximum atomic E-state index is 9.76. The molecule has 0 atom stereocenters. The molecular formula is C9H16N4O. The Morgan fingerprint density at radius 3 is 1.64 bits per heavy atom. The molecule has 0 unspecified atom stereocenters. The summed E-state index contributed by atoms with van der Waals surface area (Å²) in [7, 11) is 3.21. The van der Waals surface area contributed by atoms with Gasteiger partial charge in [0.1, 0.15) is 0 Å². The van der Waals surface area contributed by atoms with E-state index in [0.29, 0.717) is 0 Å². The van der Waals surface area contributed by atoms with Crippen molar-refractivity contribution < 1.29 is 5.11 Å². The summed E-state index contributed by atoms with van der Waals surface area (Å²) < 4.78 is 0. The largest absolute Gasteiger partial charge is 0.356 e. The summed E-state index contributed by atoms with van der Waals surface area (Å²) in [6.07, 6.45) is 4.89. The molecule has 1 N–H and O–H groups in total. The van der Waals surface area contributed by atoms with E-state index in [9.17, 15) is 5.11 Å². The number of hydrogen-bond donors (Lipinski definition) is 1. The molecule has 0 radical (unpaired) electrons. The van der Waals surface area contributed by atoms with Crippen LogP contribution in [0.2, 0.25) is 0 Å². The smallest absolute Gasteiger partial charge is 0.216 e. The van der Waals surface area contributed by atoms with Crippen LogP contribution in [0.25, 0.3) is 0 Å². The van der Waals surface area contributed by atoms with E-state index in [-0.39, 0.29) is 0 Å². The third kappa shape index (κ3) is 3.40. The molecule has 0 aromatic heterocycles. The minimum absolute atomic E-state index is 0.933. The first kappa shape index (κ1) is 12.4. The number of aliphatic hydroxyl groups excluding tert-OH is 1. The van der Waals surface area contributed by atoms with Crippen LogP contribution in [0, 0.1) is 0 Å². The molecule has 0 aromatic rings. The van der Waals surface area contributed by atoms with Crippen LogP contribution in [-0.4, -0.2) is 48.0 Å². The third-order valence-corrected chi connectivity index (χ3v) is 1.45. The van der Waals surface area contributed by atoms with Crippen LogP contribution in [0.4, 0.5) is 0 Å². The lowest BCUT2D eigenvalue weighted by Gasteiger charge is -2.28. The summed E-state index contributed by atoms with van der Waals surface area (Å²) in [6.45, 7) is 7.09. The van der Waals surface area contributed by atoms with Gasteiger partial charge in [-0.2, -0.15) is 0 Å². The Labute approximate surface area is 84.4 Å². The maximum Gasteiger partial charge on any atom is 0.216 e. The van der Waals surface area contributed by atoms with Gasteiger partial charge in [0.2, 0.25) is 6.35 Å². The fourth-order valence-corrected chi connectivity index (χ4v) is 0.823. The van der Waals surface area contributed by atoms with Gasteiger partial charge < -0.3 is 5.11 Å². The molecule has 0 heterocycles. The van der Waals surface area contributed by atoms with Gasteiger partial charge in [0.15, 0.2) is 0 Å². The maximum absolute atomic E-state index is 9.76. The molecule has 5 heteroatoms. The Kier molecular flexibility index (Phi) is 6.06. The Morgan fingerprint density at radius 1 is 1.07 bits per heavy atom. The van der Waals surface area contributed by atoms with E-state index in [0.717, 1.165) is 0 Å². The van der Waals surface area contributed by atoms with Crippen molar-refractivity contribution in [3.8, 4) is 0 Å². The molecule has 0 aliphatic rings. The predicted octanol–water partition coefficient (Wildman–Crippen LogP) is 0.469. The molecule has 5 nitrogen and oxygen atoms in total. The molecule has 0 aliphatic heterocycles. The van der Waals surface area contributed by atoms with E-state index in [2.05, 4.69) is 23.1 Å². The van der Waals surface area contributed by atoms with Crippen molar-refractivity contribution in [1.82, 2.24) is 9.80 Å². The van der Waals surface area contributed by atoms with Crippen LogP contribution >= 0.6 is 0 Å². The Bertz CT molecular complexity index is 213. The number of hydrogen-bond acceptors (Lipinski definition) is 3. The lowest BCUT2D eigenvalue weighted by atomic mass is 10.6. The normalized spacial score (nSPS) is 13.1. The fraction of sp³-hybridized carbons (Fsp3) is 0.333. The monoisotopic (exact) mass is 196 g/mol. The Morgan fingerprint density at radius 2 is 1.43 bits per heavy atom. The van der Waals surface area contributed by atoms with Crippen molar-refractivity contribution >= 4 is 12.7 Å². The molecule has 0 spiro atoms. The van der Waals surface area contributed by atoms with Gasteiger partial charge in [-0.25, -0.2) is 0 Å². The number of rotatable bonds is 6. The minimum Gasteiger partial charge on any atom is -0.356 e. The summed E-state index contributed by atoms with van der Waals surface area (Å²) in [5.41, 5.74) is 0. The topological polar surface area (TPSA) is 51.4 Å². The van der Waals surface area contributed by atoms with Gasteiger partial charge in [-0.3, -0.25) is 19.8 Å². The zero-order valence-electron chi connectivity index (χ0n) is 8.54. The second-order valence-corrected chi connectivity index (χ2v) is 2.35.